The van der Waals surface area contributed by atoms with Crippen molar-refractivity contribution in [1.29, 1.82) is 0 Å². The van der Waals surface area contributed by atoms with Crippen molar-refractivity contribution >= 4 is 17.4 Å². The number of anilines is 1. The molecule has 0 aromatic heterocycles. The third kappa shape index (κ3) is 3.21. The van der Waals surface area contributed by atoms with E-state index in [1.54, 1.807) is 0 Å². The van der Waals surface area contributed by atoms with E-state index >= 15 is 0 Å². The lowest BCUT2D eigenvalue weighted by molar-refractivity contribution is 0.627. The molecule has 1 heterocycles. The second kappa shape index (κ2) is 6.48. The van der Waals surface area contributed by atoms with Crippen molar-refractivity contribution in [1.82, 2.24) is 5.32 Å². The Morgan fingerprint density at radius 3 is 2.67 bits per heavy atom. The van der Waals surface area contributed by atoms with E-state index in [4.69, 9.17) is 0 Å². The first-order chi connectivity index (χ1) is 8.72. The first-order valence-corrected chi connectivity index (χ1v) is 7.95. The molecule has 1 aromatic rings. The van der Waals surface area contributed by atoms with Crippen LogP contribution >= 0.6 is 11.8 Å². The van der Waals surface area contributed by atoms with Gasteiger partial charge in [-0.1, -0.05) is 26.0 Å². The topological polar surface area (TPSA) is 15.3 Å². The molecule has 2 unspecified atom stereocenters. The van der Waals surface area contributed by atoms with Crippen LogP contribution in [0.1, 0.15) is 26.3 Å². The van der Waals surface area contributed by atoms with Crippen LogP contribution in [0, 0.1) is 0 Å². The van der Waals surface area contributed by atoms with Gasteiger partial charge in [0.15, 0.2) is 0 Å². The Morgan fingerprint density at radius 1 is 1.28 bits per heavy atom. The molecule has 1 saturated heterocycles. The van der Waals surface area contributed by atoms with Crippen molar-refractivity contribution in [3.63, 3.8) is 0 Å². The predicted molar refractivity (Wildman–Crippen MR) is 82.6 cm³/mol. The quantitative estimate of drug-likeness (QED) is 0.899. The van der Waals surface area contributed by atoms with Gasteiger partial charge in [-0.3, -0.25) is 0 Å². The van der Waals surface area contributed by atoms with Crippen LogP contribution in [0.15, 0.2) is 24.3 Å². The van der Waals surface area contributed by atoms with E-state index < -0.39 is 0 Å². The summed E-state index contributed by atoms with van der Waals surface area (Å²) in [5.41, 5.74) is 2.74. The van der Waals surface area contributed by atoms with Crippen LogP contribution in [0.4, 0.5) is 5.69 Å². The van der Waals surface area contributed by atoms with Crippen molar-refractivity contribution in [2.75, 3.05) is 23.7 Å². The molecular formula is C15H24N2S. The second-order valence-corrected chi connectivity index (χ2v) is 6.44. The van der Waals surface area contributed by atoms with Gasteiger partial charge in [0.05, 0.1) is 0 Å². The second-order valence-electron chi connectivity index (χ2n) is 4.96. The highest BCUT2D eigenvalue weighted by atomic mass is 32.2. The highest BCUT2D eigenvalue weighted by Crippen LogP contribution is 2.29. The SMILES string of the molecule is CCNCc1ccc(N2CCSC(C)C2C)cc1. The van der Waals surface area contributed by atoms with Gasteiger partial charge in [0.2, 0.25) is 0 Å². The van der Waals surface area contributed by atoms with E-state index in [1.807, 2.05) is 0 Å². The van der Waals surface area contributed by atoms with E-state index in [1.165, 1.54) is 23.5 Å². The molecular weight excluding hydrogens is 240 g/mol. The number of nitrogens with zero attached hydrogens (tertiary/aromatic N) is 1. The first-order valence-electron chi connectivity index (χ1n) is 6.90. The highest BCUT2D eigenvalue weighted by molar-refractivity contribution is 8.00. The maximum absolute atomic E-state index is 3.36. The van der Waals surface area contributed by atoms with Crippen molar-refractivity contribution in [2.24, 2.45) is 0 Å². The van der Waals surface area contributed by atoms with Crippen LogP contribution in [0.5, 0.6) is 0 Å². The minimum atomic E-state index is 0.628. The van der Waals surface area contributed by atoms with Gasteiger partial charge in [-0.25, -0.2) is 0 Å². The van der Waals surface area contributed by atoms with Crippen molar-refractivity contribution in [2.45, 2.75) is 38.6 Å². The van der Waals surface area contributed by atoms with Crippen LogP contribution in [-0.2, 0) is 6.54 Å². The minimum absolute atomic E-state index is 0.628. The van der Waals surface area contributed by atoms with E-state index in [-0.39, 0.29) is 0 Å². The lowest BCUT2D eigenvalue weighted by atomic mass is 10.1. The molecule has 0 radical (unpaired) electrons. The number of nitrogens with one attached hydrogen (secondary N) is 1. The summed E-state index contributed by atoms with van der Waals surface area (Å²) in [5, 5.41) is 4.08. The highest BCUT2D eigenvalue weighted by Gasteiger charge is 2.25. The lowest BCUT2D eigenvalue weighted by Gasteiger charge is -2.39. The average Bonchev–Trinajstić information content (AvgIpc) is 2.40. The van der Waals surface area contributed by atoms with E-state index in [0.717, 1.165) is 18.3 Å². The Hall–Kier alpha value is -0.670. The Kier molecular flexibility index (Phi) is 4.95. The number of benzene rings is 1. The summed E-state index contributed by atoms with van der Waals surface area (Å²) in [6, 6.07) is 9.66. The van der Waals surface area contributed by atoms with Gasteiger partial charge >= 0.3 is 0 Å². The molecule has 1 aliphatic heterocycles. The van der Waals surface area contributed by atoms with Crippen LogP contribution < -0.4 is 10.2 Å². The van der Waals surface area contributed by atoms with Gasteiger partial charge in [0.1, 0.15) is 0 Å². The number of hydrogen-bond donors (Lipinski definition) is 1. The molecule has 1 N–H and O–H groups in total. The molecule has 1 aromatic carbocycles. The lowest BCUT2D eigenvalue weighted by Crippen LogP contribution is -2.44. The molecule has 0 amide bonds. The van der Waals surface area contributed by atoms with Gasteiger partial charge in [-0.05, 0) is 31.2 Å². The monoisotopic (exact) mass is 264 g/mol. The summed E-state index contributed by atoms with van der Waals surface area (Å²) in [4.78, 5) is 2.54. The summed E-state index contributed by atoms with van der Waals surface area (Å²) in [6.07, 6.45) is 0. The molecule has 1 aliphatic rings. The molecule has 2 rings (SSSR count). The molecule has 0 aliphatic carbocycles. The molecule has 2 atom stereocenters. The summed E-state index contributed by atoms with van der Waals surface area (Å²) < 4.78 is 0. The van der Waals surface area contributed by atoms with Gasteiger partial charge in [-0.15, -0.1) is 0 Å². The smallest absolute Gasteiger partial charge is 0.0378 e. The summed E-state index contributed by atoms with van der Waals surface area (Å²) >= 11 is 2.09. The van der Waals surface area contributed by atoms with Crippen molar-refractivity contribution < 1.29 is 0 Å². The summed E-state index contributed by atoms with van der Waals surface area (Å²) in [7, 11) is 0. The molecule has 0 bridgehead atoms. The van der Waals surface area contributed by atoms with Crippen LogP contribution in [0.3, 0.4) is 0 Å². The Labute approximate surface area is 115 Å². The molecule has 3 heteroatoms. The number of hydrogen-bond acceptors (Lipinski definition) is 3. The minimum Gasteiger partial charge on any atom is -0.367 e. The molecule has 18 heavy (non-hydrogen) atoms. The Morgan fingerprint density at radius 2 is 2.00 bits per heavy atom. The zero-order valence-corrected chi connectivity index (χ0v) is 12.5. The number of thioether (sulfide) groups is 1. The fourth-order valence-corrected chi connectivity index (χ4v) is 3.47. The maximum atomic E-state index is 3.36. The zero-order valence-electron chi connectivity index (χ0n) is 11.6. The zero-order chi connectivity index (χ0) is 13.0. The van der Waals surface area contributed by atoms with Crippen LogP contribution in [0.2, 0.25) is 0 Å². The number of rotatable bonds is 4. The van der Waals surface area contributed by atoms with Crippen LogP contribution in [0.25, 0.3) is 0 Å². The van der Waals surface area contributed by atoms with Gasteiger partial charge in [0, 0.05) is 35.8 Å². The third-order valence-electron chi connectivity index (χ3n) is 3.73. The summed E-state index contributed by atoms with van der Waals surface area (Å²) in [5.74, 6) is 1.24. The van der Waals surface area contributed by atoms with E-state index in [9.17, 15) is 0 Å². The van der Waals surface area contributed by atoms with Gasteiger partial charge in [-0.2, -0.15) is 11.8 Å². The normalized spacial score (nSPS) is 24.3. The first kappa shape index (κ1) is 13.8. The molecule has 1 fully saturated rings. The maximum Gasteiger partial charge on any atom is 0.0378 e. The van der Waals surface area contributed by atoms with Crippen molar-refractivity contribution in [3.05, 3.63) is 29.8 Å². The summed E-state index contributed by atoms with van der Waals surface area (Å²) in [6.45, 7) is 9.98. The predicted octanol–water partition coefficient (Wildman–Crippen LogP) is 3.13. The standard InChI is InChI=1S/C15H24N2S/c1-4-16-11-14-5-7-15(8-6-14)17-9-10-18-13(3)12(17)2/h5-8,12-13,16H,4,9-11H2,1-3H3. The van der Waals surface area contributed by atoms with Gasteiger partial charge in [0.25, 0.3) is 0 Å². The van der Waals surface area contributed by atoms with E-state index in [2.05, 4.69) is 67.0 Å². The fraction of sp³-hybridized carbons (Fsp3) is 0.600. The Balaban J connectivity index is 2.04. The third-order valence-corrected chi connectivity index (χ3v) is 5.07. The average molecular weight is 264 g/mol. The van der Waals surface area contributed by atoms with Crippen molar-refractivity contribution in [3.8, 4) is 0 Å². The fourth-order valence-electron chi connectivity index (χ4n) is 2.37. The van der Waals surface area contributed by atoms with E-state index in [0.29, 0.717) is 6.04 Å². The molecule has 100 valence electrons. The largest absolute Gasteiger partial charge is 0.367 e. The molecule has 0 saturated carbocycles. The molecule has 2 nitrogen and oxygen atoms in total. The van der Waals surface area contributed by atoms with Crippen LogP contribution in [-0.4, -0.2) is 30.1 Å². The molecule has 0 spiro atoms. The Bertz CT molecular complexity index is 363. The van der Waals surface area contributed by atoms with Gasteiger partial charge < -0.3 is 10.2 Å².